The summed E-state index contributed by atoms with van der Waals surface area (Å²) in [4.78, 5) is 16.8. The van der Waals surface area contributed by atoms with Gasteiger partial charge in [0.15, 0.2) is 5.09 Å². The first-order chi connectivity index (χ1) is 12.1. The molecule has 5 nitrogen and oxygen atoms in total. The number of pyridine rings is 1. The minimum Gasteiger partial charge on any atom is -0.447 e. The third-order valence-corrected chi connectivity index (χ3v) is 5.05. The van der Waals surface area contributed by atoms with E-state index in [0.29, 0.717) is 21.6 Å². The van der Waals surface area contributed by atoms with Gasteiger partial charge in [-0.25, -0.2) is 5.43 Å². The van der Waals surface area contributed by atoms with Crippen molar-refractivity contribution in [2.45, 2.75) is 9.99 Å². The predicted octanol–water partition coefficient (Wildman–Crippen LogP) is 5.01. The van der Waals surface area contributed by atoms with Crippen molar-refractivity contribution in [3.63, 3.8) is 0 Å². The molecule has 0 spiro atoms. The summed E-state index contributed by atoms with van der Waals surface area (Å²) in [5.74, 6) is 0.114. The maximum Gasteiger partial charge on any atom is 0.289 e. The van der Waals surface area contributed by atoms with E-state index in [2.05, 4.69) is 31.4 Å². The van der Waals surface area contributed by atoms with Gasteiger partial charge in [-0.2, -0.15) is 5.10 Å². The van der Waals surface area contributed by atoms with Gasteiger partial charge in [-0.1, -0.05) is 29.4 Å². The smallest absolute Gasteiger partial charge is 0.289 e. The summed E-state index contributed by atoms with van der Waals surface area (Å²) < 4.78 is 6.50. The van der Waals surface area contributed by atoms with Crippen LogP contribution in [-0.4, -0.2) is 17.1 Å². The highest BCUT2D eigenvalue weighted by Gasteiger charge is 2.10. The number of amides is 1. The van der Waals surface area contributed by atoms with Crippen LogP contribution < -0.4 is 5.43 Å². The van der Waals surface area contributed by atoms with E-state index < -0.39 is 5.91 Å². The third kappa shape index (κ3) is 4.94. The van der Waals surface area contributed by atoms with Gasteiger partial charge in [0.1, 0.15) is 11.5 Å². The SMILES string of the molecule is O=C(N/N=C\c1cc(Br)c(Sc2ccc(Cl)cc2)o1)c1ccccn1. The summed E-state index contributed by atoms with van der Waals surface area (Å²) in [5.41, 5.74) is 2.69. The number of rotatable bonds is 5. The van der Waals surface area contributed by atoms with Crippen molar-refractivity contribution in [2.24, 2.45) is 5.10 Å². The molecule has 0 unspecified atom stereocenters. The fraction of sp³-hybridized carbons (Fsp3) is 0. The molecular formula is C17H11BrClN3O2S. The van der Waals surface area contributed by atoms with Crippen molar-refractivity contribution in [1.82, 2.24) is 10.4 Å². The lowest BCUT2D eigenvalue weighted by Crippen LogP contribution is -2.18. The molecule has 8 heteroatoms. The molecule has 0 aliphatic heterocycles. The van der Waals surface area contributed by atoms with Crippen molar-refractivity contribution >= 4 is 51.4 Å². The van der Waals surface area contributed by atoms with Crippen LogP contribution in [0.15, 0.2) is 78.7 Å². The van der Waals surface area contributed by atoms with Gasteiger partial charge in [-0.3, -0.25) is 9.78 Å². The van der Waals surface area contributed by atoms with Gasteiger partial charge in [0.2, 0.25) is 0 Å². The standard InChI is InChI=1S/C17H11BrClN3O2S/c18-14-9-12(10-21-22-16(23)15-3-1-2-8-20-15)24-17(14)25-13-6-4-11(19)5-7-13/h1-10H,(H,22,23)/b21-10-. The van der Waals surface area contributed by atoms with Gasteiger partial charge in [0, 0.05) is 22.2 Å². The van der Waals surface area contributed by atoms with Gasteiger partial charge in [0.05, 0.1) is 10.7 Å². The summed E-state index contributed by atoms with van der Waals surface area (Å²) in [6.07, 6.45) is 2.97. The van der Waals surface area contributed by atoms with Crippen molar-refractivity contribution in [3.05, 3.63) is 75.7 Å². The Morgan fingerprint density at radius 3 is 2.80 bits per heavy atom. The molecule has 0 aliphatic carbocycles. The number of aromatic nitrogens is 1. The number of carbonyl (C=O) groups excluding carboxylic acids is 1. The molecular weight excluding hydrogens is 426 g/mol. The van der Waals surface area contributed by atoms with Crippen LogP contribution in [0, 0.1) is 0 Å². The third-order valence-electron chi connectivity index (χ3n) is 2.95. The molecule has 0 atom stereocenters. The Kier molecular flexibility index (Phi) is 5.91. The number of hydrogen-bond donors (Lipinski definition) is 1. The molecule has 1 N–H and O–H groups in total. The maximum absolute atomic E-state index is 11.8. The monoisotopic (exact) mass is 435 g/mol. The maximum atomic E-state index is 11.8. The highest BCUT2D eigenvalue weighted by Crippen LogP contribution is 2.35. The molecule has 1 amide bonds. The Morgan fingerprint density at radius 2 is 2.08 bits per heavy atom. The fourth-order valence-corrected chi connectivity index (χ4v) is 3.28. The number of benzene rings is 1. The van der Waals surface area contributed by atoms with Gasteiger partial charge >= 0.3 is 0 Å². The van der Waals surface area contributed by atoms with Crippen LogP contribution in [0.3, 0.4) is 0 Å². The first-order valence-electron chi connectivity index (χ1n) is 7.09. The molecule has 0 radical (unpaired) electrons. The van der Waals surface area contributed by atoms with Crippen molar-refractivity contribution in [3.8, 4) is 0 Å². The molecule has 0 saturated heterocycles. The van der Waals surface area contributed by atoms with Gasteiger partial charge in [-0.15, -0.1) is 0 Å². The lowest BCUT2D eigenvalue weighted by Gasteiger charge is -1.99. The Balaban J connectivity index is 1.64. The Hall–Kier alpha value is -2.09. The van der Waals surface area contributed by atoms with Crippen LogP contribution in [0.5, 0.6) is 0 Å². The van der Waals surface area contributed by atoms with E-state index in [1.165, 1.54) is 18.0 Å². The van der Waals surface area contributed by atoms with E-state index >= 15 is 0 Å². The zero-order valence-corrected chi connectivity index (χ0v) is 15.8. The van der Waals surface area contributed by atoms with E-state index in [0.717, 1.165) is 9.37 Å². The van der Waals surface area contributed by atoms with E-state index in [1.54, 1.807) is 30.5 Å². The molecule has 0 saturated carbocycles. The molecule has 3 rings (SSSR count). The predicted molar refractivity (Wildman–Crippen MR) is 101 cm³/mol. The average molecular weight is 437 g/mol. The molecule has 0 aliphatic rings. The van der Waals surface area contributed by atoms with E-state index in [9.17, 15) is 4.79 Å². The van der Waals surface area contributed by atoms with Crippen LogP contribution in [-0.2, 0) is 0 Å². The first kappa shape index (κ1) is 17.7. The van der Waals surface area contributed by atoms with Gasteiger partial charge in [0.25, 0.3) is 5.91 Å². The largest absolute Gasteiger partial charge is 0.447 e. The molecule has 25 heavy (non-hydrogen) atoms. The summed E-state index contributed by atoms with van der Waals surface area (Å²) >= 11 is 10.8. The average Bonchev–Trinajstić information content (AvgIpc) is 2.97. The zero-order chi connectivity index (χ0) is 17.6. The summed E-state index contributed by atoms with van der Waals surface area (Å²) in [6.45, 7) is 0. The molecule has 3 aromatic rings. The Labute approximate surface area is 161 Å². The zero-order valence-electron chi connectivity index (χ0n) is 12.6. The molecule has 126 valence electrons. The highest BCUT2D eigenvalue weighted by atomic mass is 79.9. The van der Waals surface area contributed by atoms with Crippen molar-refractivity contribution in [2.75, 3.05) is 0 Å². The van der Waals surface area contributed by atoms with Gasteiger partial charge < -0.3 is 4.42 Å². The normalized spacial score (nSPS) is 11.0. The molecule has 1 aromatic carbocycles. The number of halogens is 2. The van der Waals surface area contributed by atoms with Crippen LogP contribution in [0.2, 0.25) is 5.02 Å². The molecule has 2 aromatic heterocycles. The van der Waals surface area contributed by atoms with Crippen molar-refractivity contribution < 1.29 is 9.21 Å². The van der Waals surface area contributed by atoms with Crippen LogP contribution in [0.4, 0.5) is 0 Å². The summed E-state index contributed by atoms with van der Waals surface area (Å²) in [6, 6.07) is 14.3. The summed E-state index contributed by atoms with van der Waals surface area (Å²) in [7, 11) is 0. The molecule has 0 bridgehead atoms. The molecule has 0 fully saturated rings. The minimum atomic E-state index is -0.391. The lowest BCUT2D eigenvalue weighted by atomic mass is 10.3. The topological polar surface area (TPSA) is 67.5 Å². The number of hydrogen-bond acceptors (Lipinski definition) is 5. The van der Waals surface area contributed by atoms with Crippen LogP contribution in [0.1, 0.15) is 16.2 Å². The first-order valence-corrected chi connectivity index (χ1v) is 9.08. The second-order valence-corrected chi connectivity index (χ2v) is 7.09. The second kappa shape index (κ2) is 8.33. The lowest BCUT2D eigenvalue weighted by molar-refractivity contribution is 0.0950. The van der Waals surface area contributed by atoms with Crippen LogP contribution in [0.25, 0.3) is 0 Å². The van der Waals surface area contributed by atoms with Gasteiger partial charge in [-0.05, 0) is 52.3 Å². The quantitative estimate of drug-likeness (QED) is 0.451. The number of nitrogens with zero attached hydrogens (tertiary/aromatic N) is 2. The van der Waals surface area contributed by atoms with Crippen molar-refractivity contribution in [1.29, 1.82) is 0 Å². The molecule has 2 heterocycles. The second-order valence-electron chi connectivity index (χ2n) is 4.75. The number of carbonyl (C=O) groups is 1. The van der Waals surface area contributed by atoms with E-state index in [1.807, 2.05) is 24.3 Å². The fourth-order valence-electron chi connectivity index (χ4n) is 1.82. The minimum absolute atomic E-state index is 0.291. The number of hydrazone groups is 1. The van der Waals surface area contributed by atoms with Crippen LogP contribution >= 0.6 is 39.3 Å². The Bertz CT molecular complexity index is 898. The van der Waals surface area contributed by atoms with E-state index in [4.69, 9.17) is 16.0 Å². The van der Waals surface area contributed by atoms with E-state index in [-0.39, 0.29) is 0 Å². The Morgan fingerprint density at radius 1 is 1.28 bits per heavy atom. The number of nitrogens with one attached hydrogen (secondary N) is 1. The highest BCUT2D eigenvalue weighted by molar-refractivity contribution is 9.10. The summed E-state index contributed by atoms with van der Waals surface area (Å²) in [5, 5.41) is 5.25. The number of furan rings is 1.